The first-order valence-electron chi connectivity index (χ1n) is 9.94. The van der Waals surface area contributed by atoms with Crippen LogP contribution in [-0.2, 0) is 5.41 Å². The summed E-state index contributed by atoms with van der Waals surface area (Å²) in [6, 6.07) is 17.3. The third kappa shape index (κ3) is 2.57. The Labute approximate surface area is 191 Å². The van der Waals surface area contributed by atoms with E-state index in [0.717, 1.165) is 14.9 Å². The quantitative estimate of drug-likeness (QED) is 0.291. The van der Waals surface area contributed by atoms with E-state index >= 15 is 0 Å². The van der Waals surface area contributed by atoms with Gasteiger partial charge in [0.1, 0.15) is 9.21 Å². The smallest absolute Gasteiger partial charge is 0.109 e. The normalized spacial score (nSPS) is 16.0. The highest BCUT2D eigenvalue weighted by atomic mass is 79.9. The van der Waals surface area contributed by atoms with Crippen molar-refractivity contribution in [2.45, 2.75) is 19.3 Å². The summed E-state index contributed by atoms with van der Waals surface area (Å²) in [5.74, 6) is 0. The summed E-state index contributed by atoms with van der Waals surface area (Å²) in [5.41, 5.74) is 9.08. The third-order valence-corrected chi connectivity index (χ3v) is 7.11. The molecule has 0 saturated carbocycles. The van der Waals surface area contributed by atoms with Gasteiger partial charge in [-0.05, 0) is 107 Å². The van der Waals surface area contributed by atoms with Crippen LogP contribution in [0.5, 0.6) is 0 Å². The fraction of sp³-hybridized carbons (Fsp3) is 0.115. The van der Waals surface area contributed by atoms with Gasteiger partial charge in [0.2, 0.25) is 0 Å². The predicted octanol–water partition coefficient (Wildman–Crippen LogP) is 5.82. The Morgan fingerprint density at radius 1 is 0.933 bits per heavy atom. The largest absolute Gasteiger partial charge is 0.323 e. The lowest BCUT2D eigenvalue weighted by atomic mass is 9.70. The molecule has 0 spiro atoms. The van der Waals surface area contributed by atoms with Crippen molar-refractivity contribution < 1.29 is 0 Å². The molecule has 0 unspecified atom stereocenters. The van der Waals surface area contributed by atoms with E-state index in [-0.39, 0.29) is 5.41 Å². The molecular formula is C26H18Br2N2. The Morgan fingerprint density at radius 2 is 1.70 bits per heavy atom. The molecule has 6 rings (SSSR count). The van der Waals surface area contributed by atoms with Crippen LogP contribution in [-0.4, -0.2) is 9.55 Å². The highest BCUT2D eigenvalue weighted by Gasteiger charge is 2.38. The fourth-order valence-electron chi connectivity index (χ4n) is 5.16. The lowest BCUT2D eigenvalue weighted by molar-refractivity contribution is 0.689. The standard InChI is InChI=1S/C26H18Br2N2/c1-26(2)24-17(9-15-5-3-4-6-20(15)24)11-18-10-16-7-8-30(14-21(16)25(18)26)19-12-22(27)29-23(28)13-19/h3-14H,1-2H3. The highest BCUT2D eigenvalue weighted by molar-refractivity contribution is 9.11. The molecule has 4 aliphatic rings. The number of hydrogen-bond acceptors (Lipinski definition) is 1. The van der Waals surface area contributed by atoms with Gasteiger partial charge in [-0.2, -0.15) is 0 Å². The van der Waals surface area contributed by atoms with Gasteiger partial charge < -0.3 is 4.57 Å². The van der Waals surface area contributed by atoms with Crippen molar-refractivity contribution in [3.8, 4) is 16.8 Å². The molecule has 1 aliphatic heterocycles. The van der Waals surface area contributed by atoms with E-state index in [9.17, 15) is 0 Å². The molecule has 30 heavy (non-hydrogen) atoms. The molecule has 0 saturated heterocycles. The van der Waals surface area contributed by atoms with Crippen molar-refractivity contribution in [2.24, 2.45) is 0 Å². The molecule has 2 heterocycles. The molecular weight excluding hydrogens is 500 g/mol. The number of pyridine rings is 2. The molecule has 4 heteroatoms. The third-order valence-electron chi connectivity index (χ3n) is 6.30. The van der Waals surface area contributed by atoms with Crippen molar-refractivity contribution in [3.63, 3.8) is 0 Å². The van der Waals surface area contributed by atoms with Gasteiger partial charge in [0.15, 0.2) is 0 Å². The molecule has 0 atom stereocenters. The van der Waals surface area contributed by atoms with Crippen LogP contribution in [0.25, 0.3) is 34.5 Å². The van der Waals surface area contributed by atoms with Gasteiger partial charge in [-0.1, -0.05) is 38.1 Å². The Balaban J connectivity index is 1.63. The number of benzene rings is 1. The Morgan fingerprint density at radius 3 is 2.50 bits per heavy atom. The average Bonchev–Trinajstić information content (AvgIpc) is 3.25. The van der Waals surface area contributed by atoms with Crippen molar-refractivity contribution in [1.82, 2.24) is 9.55 Å². The summed E-state index contributed by atoms with van der Waals surface area (Å²) in [7, 11) is 0. The molecule has 2 nitrogen and oxygen atoms in total. The van der Waals surface area contributed by atoms with Gasteiger partial charge in [0.05, 0.1) is 5.69 Å². The van der Waals surface area contributed by atoms with E-state index in [0.29, 0.717) is 0 Å². The summed E-state index contributed by atoms with van der Waals surface area (Å²) in [4.78, 5) is 4.37. The van der Waals surface area contributed by atoms with Gasteiger partial charge >= 0.3 is 0 Å². The van der Waals surface area contributed by atoms with Crippen LogP contribution < -0.4 is 10.4 Å². The van der Waals surface area contributed by atoms with Gasteiger partial charge in [-0.3, -0.25) is 0 Å². The number of nitrogens with zero attached hydrogens (tertiary/aromatic N) is 2. The maximum Gasteiger partial charge on any atom is 0.109 e. The summed E-state index contributed by atoms with van der Waals surface area (Å²) >= 11 is 7.02. The predicted molar refractivity (Wildman–Crippen MR) is 130 cm³/mol. The first kappa shape index (κ1) is 18.3. The van der Waals surface area contributed by atoms with Gasteiger partial charge in [-0.15, -0.1) is 0 Å². The van der Waals surface area contributed by atoms with Gasteiger partial charge in [0, 0.05) is 23.4 Å². The molecule has 2 aromatic rings. The molecule has 1 aromatic heterocycles. The number of rotatable bonds is 1. The van der Waals surface area contributed by atoms with Crippen LogP contribution in [0, 0.1) is 0 Å². The topological polar surface area (TPSA) is 17.8 Å². The van der Waals surface area contributed by atoms with E-state index < -0.39 is 0 Å². The zero-order valence-electron chi connectivity index (χ0n) is 16.6. The number of hydrogen-bond donors (Lipinski definition) is 0. The van der Waals surface area contributed by atoms with Crippen LogP contribution in [0.4, 0.5) is 0 Å². The lowest BCUT2D eigenvalue weighted by Crippen LogP contribution is -2.31. The SMILES string of the molecule is CC1(C)C2=c3ccccc3=CC2=Cc2cc3ccn(-c4cc(Br)nc(Br)c4)cc-3c21. The summed E-state index contributed by atoms with van der Waals surface area (Å²) in [6.45, 7) is 4.72. The Bertz CT molecular complexity index is 1470. The minimum absolute atomic E-state index is 0.0805. The minimum atomic E-state index is -0.0805. The summed E-state index contributed by atoms with van der Waals surface area (Å²) < 4.78 is 3.80. The molecule has 0 N–H and O–H groups in total. The fourth-order valence-corrected chi connectivity index (χ4v) is 6.25. The van der Waals surface area contributed by atoms with Crippen molar-refractivity contribution >= 4 is 49.6 Å². The lowest BCUT2D eigenvalue weighted by Gasteiger charge is -2.33. The first-order valence-corrected chi connectivity index (χ1v) is 11.5. The maximum absolute atomic E-state index is 4.37. The zero-order valence-corrected chi connectivity index (χ0v) is 19.8. The first-order chi connectivity index (χ1) is 14.4. The number of allylic oxidation sites excluding steroid dienone is 1. The van der Waals surface area contributed by atoms with Crippen LogP contribution in [0.1, 0.15) is 25.0 Å². The summed E-state index contributed by atoms with van der Waals surface area (Å²) in [6.07, 6.45) is 9.07. The van der Waals surface area contributed by atoms with E-state index in [2.05, 4.69) is 116 Å². The molecule has 146 valence electrons. The van der Waals surface area contributed by atoms with Crippen LogP contribution in [0.3, 0.4) is 0 Å². The van der Waals surface area contributed by atoms with Crippen molar-refractivity contribution in [2.75, 3.05) is 0 Å². The van der Waals surface area contributed by atoms with Crippen molar-refractivity contribution in [1.29, 1.82) is 0 Å². The van der Waals surface area contributed by atoms with E-state index in [1.165, 1.54) is 43.8 Å². The molecule has 3 aliphatic carbocycles. The molecule has 1 aromatic carbocycles. The van der Waals surface area contributed by atoms with Gasteiger partial charge in [0.25, 0.3) is 0 Å². The van der Waals surface area contributed by atoms with E-state index in [4.69, 9.17) is 0 Å². The monoisotopic (exact) mass is 516 g/mol. The maximum atomic E-state index is 4.37. The second-order valence-electron chi connectivity index (χ2n) is 8.50. The van der Waals surface area contributed by atoms with Crippen LogP contribution in [0.2, 0.25) is 0 Å². The molecule has 0 amide bonds. The zero-order chi connectivity index (χ0) is 20.6. The second-order valence-corrected chi connectivity index (χ2v) is 10.1. The van der Waals surface area contributed by atoms with E-state index in [1.54, 1.807) is 0 Å². The second kappa shape index (κ2) is 6.29. The molecule has 0 radical (unpaired) electrons. The Hall–Kier alpha value is -2.43. The minimum Gasteiger partial charge on any atom is -0.323 e. The summed E-state index contributed by atoms with van der Waals surface area (Å²) in [5, 5.41) is 2.68. The molecule has 0 fully saturated rings. The highest BCUT2D eigenvalue weighted by Crippen LogP contribution is 2.50. The van der Waals surface area contributed by atoms with Crippen molar-refractivity contribution in [3.05, 3.63) is 97.3 Å². The number of aromatic nitrogens is 2. The van der Waals surface area contributed by atoms with E-state index in [1.807, 2.05) is 12.1 Å². The Kier molecular flexibility index (Phi) is 3.84. The van der Waals surface area contributed by atoms with Gasteiger partial charge in [-0.25, -0.2) is 4.98 Å². The average molecular weight is 518 g/mol. The van der Waals surface area contributed by atoms with Crippen LogP contribution in [0.15, 0.2) is 75.7 Å². The molecule has 0 bridgehead atoms. The number of halogens is 2. The number of fused-ring (bicyclic) bond motifs is 5. The van der Waals surface area contributed by atoms with Crippen LogP contribution >= 0.6 is 31.9 Å².